The zero-order valence-corrected chi connectivity index (χ0v) is 14.3. The number of hydrogen-bond donors (Lipinski definition) is 2. The largest absolute Gasteiger partial charge is 0.487 e. The predicted molar refractivity (Wildman–Crippen MR) is 93.8 cm³/mol. The molecule has 0 bridgehead atoms. The van der Waals surface area contributed by atoms with Crippen LogP contribution < -0.4 is 10.1 Å². The van der Waals surface area contributed by atoms with Crippen LogP contribution in [0.4, 0.5) is 0 Å². The first-order chi connectivity index (χ1) is 11.8. The average Bonchev–Trinajstić information content (AvgIpc) is 2.54. The molecule has 0 aromatic heterocycles. The van der Waals surface area contributed by atoms with Crippen LogP contribution in [0.1, 0.15) is 47.8 Å². The van der Waals surface area contributed by atoms with Crippen LogP contribution in [-0.2, 0) is 11.2 Å². The van der Waals surface area contributed by atoms with Crippen molar-refractivity contribution in [2.24, 2.45) is 0 Å². The Morgan fingerprint density at radius 2 is 1.84 bits per heavy atom. The third-order valence-corrected chi connectivity index (χ3v) is 4.28. The highest BCUT2D eigenvalue weighted by Crippen LogP contribution is 2.39. The lowest BCUT2D eigenvalue weighted by atomic mass is 9.89. The number of benzene rings is 2. The molecule has 1 heterocycles. The molecule has 1 amide bonds. The standard InChI is InChI=1S/C20H21NO4/c1-20(2)12-16(15-5-3-4-6-17(15)25-20)21-18(22)11-13-7-9-14(10-8-13)19(23)24/h3-10,16H,11-12H2,1-2H3,(H,21,22)(H,23,24). The highest BCUT2D eigenvalue weighted by molar-refractivity contribution is 5.87. The maximum Gasteiger partial charge on any atom is 0.335 e. The van der Waals surface area contributed by atoms with Crippen LogP contribution in [-0.4, -0.2) is 22.6 Å². The third-order valence-electron chi connectivity index (χ3n) is 4.28. The van der Waals surface area contributed by atoms with Gasteiger partial charge >= 0.3 is 5.97 Å². The molecule has 1 aliphatic rings. The Kier molecular flexibility index (Phi) is 4.49. The monoisotopic (exact) mass is 339 g/mol. The van der Waals surface area contributed by atoms with E-state index in [1.807, 2.05) is 38.1 Å². The van der Waals surface area contributed by atoms with Crippen molar-refractivity contribution >= 4 is 11.9 Å². The van der Waals surface area contributed by atoms with E-state index in [1.165, 1.54) is 12.1 Å². The fraction of sp³-hybridized carbons (Fsp3) is 0.300. The van der Waals surface area contributed by atoms with Crippen LogP contribution in [0.2, 0.25) is 0 Å². The lowest BCUT2D eigenvalue weighted by Gasteiger charge is -2.37. The van der Waals surface area contributed by atoms with E-state index in [4.69, 9.17) is 9.84 Å². The van der Waals surface area contributed by atoms with Gasteiger partial charge in [-0.3, -0.25) is 4.79 Å². The maximum atomic E-state index is 12.5. The van der Waals surface area contributed by atoms with Crippen molar-refractivity contribution in [2.75, 3.05) is 0 Å². The van der Waals surface area contributed by atoms with Crippen LogP contribution >= 0.6 is 0 Å². The van der Waals surface area contributed by atoms with Crippen LogP contribution in [0.15, 0.2) is 48.5 Å². The smallest absolute Gasteiger partial charge is 0.335 e. The van der Waals surface area contributed by atoms with Crippen LogP contribution in [0.5, 0.6) is 5.75 Å². The molecule has 0 aliphatic carbocycles. The first kappa shape index (κ1) is 17.0. The number of hydrogen-bond acceptors (Lipinski definition) is 3. The van der Waals surface area contributed by atoms with E-state index in [2.05, 4.69) is 5.32 Å². The minimum Gasteiger partial charge on any atom is -0.487 e. The number of carbonyl (C=O) groups is 2. The molecule has 0 radical (unpaired) electrons. The highest BCUT2D eigenvalue weighted by atomic mass is 16.5. The van der Waals surface area contributed by atoms with Crippen LogP contribution in [0, 0.1) is 0 Å². The number of aromatic carboxylic acids is 1. The molecule has 3 rings (SSSR count). The molecule has 0 fully saturated rings. The fourth-order valence-corrected chi connectivity index (χ4v) is 3.13. The molecule has 1 aliphatic heterocycles. The number of amides is 1. The second-order valence-corrected chi connectivity index (χ2v) is 6.90. The predicted octanol–water partition coefficient (Wildman–Crippen LogP) is 3.35. The van der Waals surface area contributed by atoms with Gasteiger partial charge in [-0.25, -0.2) is 4.79 Å². The van der Waals surface area contributed by atoms with Gasteiger partial charge in [-0.2, -0.15) is 0 Å². The number of nitrogens with one attached hydrogen (secondary N) is 1. The molecule has 25 heavy (non-hydrogen) atoms. The minimum absolute atomic E-state index is 0.0967. The van der Waals surface area contributed by atoms with Gasteiger partial charge in [0.1, 0.15) is 11.4 Å². The normalized spacial score (nSPS) is 17.9. The van der Waals surface area contributed by atoms with Crippen molar-refractivity contribution in [1.82, 2.24) is 5.32 Å². The van der Waals surface area contributed by atoms with Gasteiger partial charge in [0.2, 0.25) is 5.91 Å². The van der Waals surface area contributed by atoms with Crippen molar-refractivity contribution in [2.45, 2.75) is 38.3 Å². The van der Waals surface area contributed by atoms with Gasteiger partial charge in [0, 0.05) is 12.0 Å². The van der Waals surface area contributed by atoms with Crippen molar-refractivity contribution in [3.8, 4) is 5.75 Å². The summed E-state index contributed by atoms with van der Waals surface area (Å²) in [4.78, 5) is 23.3. The van der Waals surface area contributed by atoms with E-state index >= 15 is 0 Å². The number of rotatable bonds is 4. The number of para-hydroxylation sites is 1. The van der Waals surface area contributed by atoms with Crippen molar-refractivity contribution in [3.05, 3.63) is 65.2 Å². The first-order valence-electron chi connectivity index (χ1n) is 8.24. The summed E-state index contributed by atoms with van der Waals surface area (Å²) >= 11 is 0. The molecule has 0 saturated heterocycles. The fourth-order valence-electron chi connectivity index (χ4n) is 3.13. The van der Waals surface area contributed by atoms with E-state index < -0.39 is 5.97 Å². The lowest BCUT2D eigenvalue weighted by Crippen LogP contribution is -2.41. The molecule has 5 nitrogen and oxygen atoms in total. The molecule has 2 N–H and O–H groups in total. The van der Waals surface area contributed by atoms with E-state index in [-0.39, 0.29) is 29.5 Å². The van der Waals surface area contributed by atoms with Gasteiger partial charge < -0.3 is 15.2 Å². The van der Waals surface area contributed by atoms with Crippen LogP contribution in [0.3, 0.4) is 0 Å². The summed E-state index contributed by atoms with van der Waals surface area (Å²) in [6.45, 7) is 4.01. The van der Waals surface area contributed by atoms with Gasteiger partial charge in [-0.1, -0.05) is 30.3 Å². The molecular weight excluding hydrogens is 318 g/mol. The quantitative estimate of drug-likeness (QED) is 0.896. The number of fused-ring (bicyclic) bond motifs is 1. The SMILES string of the molecule is CC1(C)CC(NC(=O)Cc2ccc(C(=O)O)cc2)c2ccccc2O1. The van der Waals surface area contributed by atoms with Crippen molar-refractivity contribution in [1.29, 1.82) is 0 Å². The van der Waals surface area contributed by atoms with E-state index in [9.17, 15) is 9.59 Å². The van der Waals surface area contributed by atoms with E-state index in [1.54, 1.807) is 12.1 Å². The Labute approximate surface area is 146 Å². The van der Waals surface area contributed by atoms with Gasteiger partial charge in [-0.15, -0.1) is 0 Å². The van der Waals surface area contributed by atoms with Crippen molar-refractivity contribution < 1.29 is 19.4 Å². The van der Waals surface area contributed by atoms with Crippen LogP contribution in [0.25, 0.3) is 0 Å². The summed E-state index contributed by atoms with van der Waals surface area (Å²) < 4.78 is 5.98. The Balaban J connectivity index is 1.71. The Hall–Kier alpha value is -2.82. The van der Waals surface area contributed by atoms with E-state index in [0.29, 0.717) is 6.42 Å². The second kappa shape index (κ2) is 6.59. The number of carbonyl (C=O) groups excluding carboxylic acids is 1. The molecule has 130 valence electrons. The summed E-state index contributed by atoms with van der Waals surface area (Å²) in [5, 5.41) is 12.0. The molecular formula is C20H21NO4. The topological polar surface area (TPSA) is 75.6 Å². The summed E-state index contributed by atoms with van der Waals surface area (Å²) in [5.74, 6) is -0.271. The zero-order valence-electron chi connectivity index (χ0n) is 14.3. The van der Waals surface area contributed by atoms with E-state index in [0.717, 1.165) is 16.9 Å². The number of ether oxygens (including phenoxy) is 1. The molecule has 1 unspecified atom stereocenters. The molecule has 0 saturated carbocycles. The first-order valence-corrected chi connectivity index (χ1v) is 8.24. The number of carboxylic acids is 1. The summed E-state index contributed by atoms with van der Waals surface area (Å²) in [6.07, 6.45) is 0.896. The molecule has 0 spiro atoms. The van der Waals surface area contributed by atoms with Gasteiger partial charge in [0.15, 0.2) is 0 Å². The molecule has 2 aromatic carbocycles. The Morgan fingerprint density at radius 1 is 1.16 bits per heavy atom. The minimum atomic E-state index is -0.975. The molecule has 1 atom stereocenters. The molecule has 5 heteroatoms. The van der Waals surface area contributed by atoms with Crippen molar-refractivity contribution in [3.63, 3.8) is 0 Å². The summed E-state index contributed by atoms with van der Waals surface area (Å²) in [5.41, 5.74) is 1.62. The Bertz CT molecular complexity index is 796. The third kappa shape index (κ3) is 3.99. The lowest BCUT2D eigenvalue weighted by molar-refractivity contribution is -0.121. The van der Waals surface area contributed by atoms with Gasteiger partial charge in [0.05, 0.1) is 18.0 Å². The summed E-state index contributed by atoms with van der Waals surface area (Å²) in [6, 6.07) is 14.0. The average molecular weight is 339 g/mol. The zero-order chi connectivity index (χ0) is 18.0. The Morgan fingerprint density at radius 3 is 2.52 bits per heavy atom. The van der Waals surface area contributed by atoms with Gasteiger partial charge in [-0.05, 0) is 37.6 Å². The number of carboxylic acid groups (broad SMARTS) is 1. The van der Waals surface area contributed by atoms with Gasteiger partial charge in [0.25, 0.3) is 0 Å². The molecule has 2 aromatic rings. The summed E-state index contributed by atoms with van der Waals surface area (Å²) in [7, 11) is 0. The highest BCUT2D eigenvalue weighted by Gasteiger charge is 2.34. The maximum absolute atomic E-state index is 12.5. The second-order valence-electron chi connectivity index (χ2n) is 6.90.